The average molecular weight is 437 g/mol. The molecule has 31 heavy (non-hydrogen) atoms. The molecule has 0 saturated heterocycles. The van der Waals surface area contributed by atoms with Gasteiger partial charge in [0.1, 0.15) is 0 Å². The van der Waals surface area contributed by atoms with Crippen molar-refractivity contribution in [1.82, 2.24) is 10.8 Å². The molecule has 0 radical (unpaired) electrons. The number of aliphatic hydroxyl groups excluding tert-OH is 1. The van der Waals surface area contributed by atoms with E-state index in [2.05, 4.69) is 24.6 Å². The van der Waals surface area contributed by atoms with Crippen LogP contribution in [0.15, 0.2) is 0 Å². The second-order valence-electron chi connectivity index (χ2n) is 11.4. The molecule has 4 saturated carbocycles. The Bertz CT molecular complexity index is 663. The maximum atomic E-state index is 12.2. The van der Waals surface area contributed by atoms with Crippen LogP contribution in [0.3, 0.4) is 0 Å². The van der Waals surface area contributed by atoms with Gasteiger partial charge in [-0.15, -0.1) is 0 Å². The van der Waals surface area contributed by atoms with Crippen molar-refractivity contribution >= 4 is 5.96 Å². The van der Waals surface area contributed by atoms with Crippen molar-refractivity contribution in [3.05, 3.63) is 0 Å². The molecule has 0 aromatic heterocycles. The lowest BCUT2D eigenvalue weighted by atomic mass is 9.43. The maximum absolute atomic E-state index is 12.2. The SMILES string of the molecule is C[C@]12CCC(O)CC1CC[C@@H]1[C@H]2CC[C@]2(C)C(CNOCCCNC(=N)N)CC[C@@]12O. The van der Waals surface area contributed by atoms with E-state index in [1.807, 2.05) is 0 Å². The molecule has 0 aromatic carbocycles. The molecule has 0 amide bonds. The zero-order valence-corrected chi connectivity index (χ0v) is 19.5. The lowest BCUT2D eigenvalue weighted by Gasteiger charge is -2.63. The first-order valence-corrected chi connectivity index (χ1v) is 12.5. The zero-order valence-electron chi connectivity index (χ0n) is 19.5. The Morgan fingerprint density at radius 3 is 2.68 bits per heavy atom. The lowest BCUT2D eigenvalue weighted by Crippen LogP contribution is -2.62. The molecule has 4 rings (SSSR count). The summed E-state index contributed by atoms with van der Waals surface area (Å²) in [4.78, 5) is 5.63. The summed E-state index contributed by atoms with van der Waals surface area (Å²) in [5.41, 5.74) is 8.11. The summed E-state index contributed by atoms with van der Waals surface area (Å²) in [7, 11) is 0. The number of rotatable bonds is 7. The van der Waals surface area contributed by atoms with E-state index in [0.29, 0.717) is 36.8 Å². The Morgan fingerprint density at radius 2 is 1.90 bits per heavy atom. The molecule has 0 spiro atoms. The molecule has 7 N–H and O–H groups in total. The third kappa shape index (κ3) is 4.00. The Hall–Kier alpha value is -0.890. The van der Waals surface area contributed by atoms with E-state index in [0.717, 1.165) is 64.3 Å². The number of fused-ring (bicyclic) bond motifs is 5. The standard InChI is InChI=1S/C24H44N4O3/c1-22-9-7-18(29)14-16(22)4-5-20-19(22)8-10-23(2)17(6-11-24(20,23)30)15-28-31-13-3-12-27-21(25)26/h16-20,28-30H,3-15H2,1-2H3,(H4,25,26,27)/t16?,17?,18?,19-,20-,22+,23-,24-/m1/s1. The van der Waals surface area contributed by atoms with Gasteiger partial charge in [-0.1, -0.05) is 13.8 Å². The van der Waals surface area contributed by atoms with Crippen molar-refractivity contribution in [3.8, 4) is 0 Å². The van der Waals surface area contributed by atoms with E-state index in [1.54, 1.807) is 0 Å². The van der Waals surface area contributed by atoms with Crippen LogP contribution < -0.4 is 16.5 Å². The fraction of sp³-hybridized carbons (Fsp3) is 0.958. The summed E-state index contributed by atoms with van der Waals surface area (Å²) < 4.78 is 0. The van der Waals surface area contributed by atoms with Gasteiger partial charge in [0.15, 0.2) is 5.96 Å². The molecule has 0 aromatic rings. The van der Waals surface area contributed by atoms with Crippen LogP contribution in [-0.4, -0.2) is 47.6 Å². The molecular formula is C24H44N4O3. The number of nitrogens with one attached hydrogen (secondary N) is 3. The van der Waals surface area contributed by atoms with Gasteiger partial charge in [0.2, 0.25) is 0 Å². The average Bonchev–Trinajstić information content (AvgIpc) is 2.99. The van der Waals surface area contributed by atoms with Crippen LogP contribution in [0.5, 0.6) is 0 Å². The van der Waals surface area contributed by atoms with E-state index in [4.69, 9.17) is 16.0 Å². The Morgan fingerprint density at radius 1 is 1.10 bits per heavy atom. The first kappa shape index (κ1) is 23.3. The fourth-order valence-corrected chi connectivity index (χ4v) is 8.24. The summed E-state index contributed by atoms with van der Waals surface area (Å²) >= 11 is 0. The highest BCUT2D eigenvalue weighted by Gasteiger charge is 2.66. The van der Waals surface area contributed by atoms with Crippen molar-refractivity contribution in [2.45, 2.75) is 89.8 Å². The molecular weight excluding hydrogens is 392 g/mol. The minimum Gasteiger partial charge on any atom is -0.393 e. The monoisotopic (exact) mass is 436 g/mol. The highest BCUT2D eigenvalue weighted by atomic mass is 16.6. The molecule has 4 fully saturated rings. The Balaban J connectivity index is 1.35. The van der Waals surface area contributed by atoms with E-state index < -0.39 is 5.60 Å². The van der Waals surface area contributed by atoms with Crippen molar-refractivity contribution < 1.29 is 15.1 Å². The quantitative estimate of drug-likeness (QED) is 0.158. The second kappa shape index (κ2) is 8.81. The molecule has 4 aliphatic rings. The fourth-order valence-electron chi connectivity index (χ4n) is 8.24. The normalized spacial score (nSPS) is 46.6. The van der Waals surface area contributed by atoms with Crippen LogP contribution in [0.1, 0.15) is 78.1 Å². The van der Waals surface area contributed by atoms with Gasteiger partial charge in [0.25, 0.3) is 0 Å². The number of nitrogens with two attached hydrogens (primary N) is 1. The minimum absolute atomic E-state index is 0.00553. The molecule has 7 nitrogen and oxygen atoms in total. The summed E-state index contributed by atoms with van der Waals surface area (Å²) in [6, 6.07) is 0. The predicted molar refractivity (Wildman–Crippen MR) is 121 cm³/mol. The molecule has 0 bridgehead atoms. The van der Waals surface area contributed by atoms with Crippen LogP contribution in [-0.2, 0) is 4.84 Å². The van der Waals surface area contributed by atoms with Crippen LogP contribution >= 0.6 is 0 Å². The minimum atomic E-state index is -0.572. The topological polar surface area (TPSA) is 124 Å². The highest BCUT2D eigenvalue weighted by molar-refractivity contribution is 5.74. The number of aliphatic hydroxyl groups is 2. The number of guanidine groups is 1. The van der Waals surface area contributed by atoms with Crippen LogP contribution in [0.4, 0.5) is 0 Å². The van der Waals surface area contributed by atoms with Crippen LogP contribution in [0.25, 0.3) is 0 Å². The second-order valence-corrected chi connectivity index (χ2v) is 11.4. The summed E-state index contributed by atoms with van der Waals surface area (Å²) in [5.74, 6) is 2.02. The molecule has 0 heterocycles. The van der Waals surface area contributed by atoms with E-state index >= 15 is 0 Å². The molecule has 4 aliphatic carbocycles. The number of hydrogen-bond donors (Lipinski definition) is 6. The van der Waals surface area contributed by atoms with Crippen molar-refractivity contribution in [3.63, 3.8) is 0 Å². The summed E-state index contributed by atoms with van der Waals surface area (Å²) in [5, 5.41) is 32.3. The predicted octanol–water partition coefficient (Wildman–Crippen LogP) is 2.52. The third-order valence-corrected chi connectivity index (χ3v) is 10.2. The van der Waals surface area contributed by atoms with E-state index in [-0.39, 0.29) is 22.9 Å². The number of hydrogen-bond acceptors (Lipinski definition) is 5. The maximum Gasteiger partial charge on any atom is 0.185 e. The van der Waals surface area contributed by atoms with Gasteiger partial charge in [-0.05, 0) is 93.3 Å². The largest absolute Gasteiger partial charge is 0.393 e. The molecule has 178 valence electrons. The van der Waals surface area contributed by atoms with E-state index in [1.165, 1.54) is 6.42 Å². The molecule has 0 aliphatic heterocycles. The van der Waals surface area contributed by atoms with Gasteiger partial charge in [0.05, 0.1) is 18.3 Å². The highest BCUT2D eigenvalue weighted by Crippen LogP contribution is 2.68. The molecule has 3 unspecified atom stereocenters. The lowest BCUT2D eigenvalue weighted by molar-refractivity contribution is -0.211. The third-order valence-electron chi connectivity index (χ3n) is 10.2. The van der Waals surface area contributed by atoms with Crippen molar-refractivity contribution in [2.24, 2.45) is 40.2 Å². The van der Waals surface area contributed by atoms with Gasteiger partial charge in [0, 0.05) is 18.5 Å². The van der Waals surface area contributed by atoms with Gasteiger partial charge in [-0.25, -0.2) is 5.48 Å². The van der Waals surface area contributed by atoms with Gasteiger partial charge < -0.3 is 26.1 Å². The smallest absolute Gasteiger partial charge is 0.185 e. The van der Waals surface area contributed by atoms with Gasteiger partial charge >= 0.3 is 0 Å². The first-order valence-electron chi connectivity index (χ1n) is 12.5. The molecule has 7 heteroatoms. The van der Waals surface area contributed by atoms with Crippen molar-refractivity contribution in [1.29, 1.82) is 5.41 Å². The Kier molecular flexibility index (Phi) is 6.61. The first-order chi connectivity index (χ1) is 14.7. The summed E-state index contributed by atoms with van der Waals surface area (Å²) in [6.45, 7) is 6.79. The van der Waals surface area contributed by atoms with Gasteiger partial charge in [-0.3, -0.25) is 5.41 Å². The number of hydroxylamine groups is 1. The van der Waals surface area contributed by atoms with Crippen LogP contribution in [0, 0.1) is 39.9 Å². The Labute approximate surface area is 187 Å². The van der Waals surface area contributed by atoms with Crippen molar-refractivity contribution in [2.75, 3.05) is 19.7 Å². The molecule has 8 atom stereocenters. The summed E-state index contributed by atoms with van der Waals surface area (Å²) in [6.07, 6.45) is 10.2. The zero-order chi connectivity index (χ0) is 22.3. The van der Waals surface area contributed by atoms with E-state index in [9.17, 15) is 10.2 Å². The van der Waals surface area contributed by atoms with Gasteiger partial charge in [-0.2, -0.15) is 0 Å². The van der Waals surface area contributed by atoms with Crippen LogP contribution in [0.2, 0.25) is 0 Å².